The first-order chi connectivity index (χ1) is 9.20. The quantitative estimate of drug-likeness (QED) is 0.913. The van der Waals surface area contributed by atoms with Crippen LogP contribution in [0.5, 0.6) is 0 Å². The van der Waals surface area contributed by atoms with Crippen LogP contribution in [0.25, 0.3) is 11.1 Å². The molecule has 3 nitrogen and oxygen atoms in total. The van der Waals surface area contributed by atoms with Gasteiger partial charge in [0.1, 0.15) is 0 Å². The van der Waals surface area contributed by atoms with Crippen LogP contribution in [0, 0.1) is 6.92 Å². The van der Waals surface area contributed by atoms with E-state index in [4.69, 9.17) is 0 Å². The molecule has 0 aliphatic heterocycles. The lowest BCUT2D eigenvalue weighted by atomic mass is 9.99. The summed E-state index contributed by atoms with van der Waals surface area (Å²) in [4.78, 5) is 0. The van der Waals surface area contributed by atoms with Crippen LogP contribution >= 0.6 is 0 Å². The highest BCUT2D eigenvalue weighted by Gasteiger charge is 2.17. The normalized spacial score (nSPS) is 13.8. The molecular weight excluding hydrogens is 234 g/mol. The average Bonchev–Trinajstić information content (AvgIpc) is 2.95. The fraction of sp³-hybridized carbons (Fsp3) is 0.438. The molecule has 0 bridgehead atoms. The van der Waals surface area contributed by atoms with E-state index in [1.54, 1.807) is 0 Å². The number of rotatable bonds is 3. The first-order valence-electron chi connectivity index (χ1n) is 7.00. The summed E-state index contributed by atoms with van der Waals surface area (Å²) in [6.07, 6.45) is 3.77. The Morgan fingerprint density at radius 2 is 2.05 bits per heavy atom. The summed E-state index contributed by atoms with van der Waals surface area (Å²) in [6, 6.07) is 6.92. The predicted molar refractivity (Wildman–Crippen MR) is 78.2 cm³/mol. The molecule has 0 radical (unpaired) electrons. The van der Waals surface area contributed by atoms with Crippen LogP contribution in [-0.2, 0) is 26.4 Å². The van der Waals surface area contributed by atoms with Crippen molar-refractivity contribution in [1.29, 1.82) is 0 Å². The fourth-order valence-electron chi connectivity index (χ4n) is 3.07. The summed E-state index contributed by atoms with van der Waals surface area (Å²) in [5.74, 6) is 0. The fourth-order valence-corrected chi connectivity index (χ4v) is 3.07. The van der Waals surface area contributed by atoms with Crippen LogP contribution in [0.3, 0.4) is 0 Å². The number of aromatic nitrogens is 2. The second kappa shape index (κ2) is 4.82. The Morgan fingerprint density at radius 3 is 2.84 bits per heavy atom. The van der Waals surface area contributed by atoms with Gasteiger partial charge in [0.15, 0.2) is 0 Å². The molecule has 2 aromatic rings. The molecule has 3 rings (SSSR count). The van der Waals surface area contributed by atoms with Gasteiger partial charge in [0, 0.05) is 24.8 Å². The minimum atomic E-state index is 0.814. The Bertz CT molecular complexity index is 611. The van der Waals surface area contributed by atoms with Gasteiger partial charge < -0.3 is 5.32 Å². The monoisotopic (exact) mass is 255 g/mol. The van der Waals surface area contributed by atoms with Crippen LogP contribution in [0.1, 0.15) is 28.9 Å². The zero-order valence-electron chi connectivity index (χ0n) is 12.0. The summed E-state index contributed by atoms with van der Waals surface area (Å²) < 4.78 is 1.98. The molecule has 1 aliphatic carbocycles. The van der Waals surface area contributed by atoms with Crippen molar-refractivity contribution >= 4 is 0 Å². The molecule has 1 aromatic heterocycles. The van der Waals surface area contributed by atoms with Gasteiger partial charge in [0.2, 0.25) is 0 Å². The highest BCUT2D eigenvalue weighted by Crippen LogP contribution is 2.31. The molecule has 3 heteroatoms. The lowest BCUT2D eigenvalue weighted by Crippen LogP contribution is -2.07. The molecular formula is C16H21N3. The van der Waals surface area contributed by atoms with E-state index >= 15 is 0 Å². The number of fused-ring (bicyclic) bond motifs is 1. The van der Waals surface area contributed by atoms with E-state index in [-0.39, 0.29) is 0 Å². The lowest BCUT2D eigenvalue weighted by molar-refractivity contribution is 0.698. The Kier molecular flexibility index (Phi) is 3.15. The van der Waals surface area contributed by atoms with E-state index in [0.717, 1.165) is 12.2 Å². The predicted octanol–water partition coefficient (Wildman–Crippen LogP) is 2.60. The average molecular weight is 255 g/mol. The summed E-state index contributed by atoms with van der Waals surface area (Å²) in [5.41, 5.74) is 8.04. The van der Waals surface area contributed by atoms with E-state index in [9.17, 15) is 0 Å². The Balaban J connectivity index is 2.10. The van der Waals surface area contributed by atoms with Crippen molar-refractivity contribution in [3.63, 3.8) is 0 Å². The van der Waals surface area contributed by atoms with Crippen LogP contribution in [0.4, 0.5) is 0 Å². The SMILES string of the molecule is CNCc1nn(C)c(C)c1-c1ccc2c(c1)CCC2. The maximum Gasteiger partial charge on any atom is 0.0843 e. The van der Waals surface area contributed by atoms with E-state index < -0.39 is 0 Å². The van der Waals surface area contributed by atoms with Crippen molar-refractivity contribution in [2.45, 2.75) is 32.7 Å². The third-order valence-electron chi connectivity index (χ3n) is 4.14. The number of nitrogens with zero attached hydrogens (tertiary/aromatic N) is 2. The van der Waals surface area contributed by atoms with Gasteiger partial charge in [-0.2, -0.15) is 5.10 Å². The van der Waals surface area contributed by atoms with Crippen molar-refractivity contribution in [2.24, 2.45) is 7.05 Å². The third-order valence-corrected chi connectivity index (χ3v) is 4.14. The van der Waals surface area contributed by atoms with Crippen LogP contribution in [0.15, 0.2) is 18.2 Å². The van der Waals surface area contributed by atoms with Crippen molar-refractivity contribution in [3.8, 4) is 11.1 Å². The number of nitrogens with one attached hydrogen (secondary N) is 1. The second-order valence-electron chi connectivity index (χ2n) is 5.40. The topological polar surface area (TPSA) is 29.9 Å². The standard InChI is InChI=1S/C16H21N3/c1-11-16(15(10-17-2)18-19(11)3)14-8-7-12-5-4-6-13(12)9-14/h7-9,17H,4-6,10H2,1-3H3. The van der Waals surface area contributed by atoms with Crippen LogP contribution < -0.4 is 5.32 Å². The van der Waals surface area contributed by atoms with Gasteiger partial charge in [-0.05, 0) is 49.9 Å². The molecule has 0 amide bonds. The molecule has 1 aliphatic rings. The molecule has 0 unspecified atom stereocenters. The molecule has 1 heterocycles. The Labute approximate surface area is 114 Å². The van der Waals surface area contributed by atoms with Gasteiger partial charge in [-0.3, -0.25) is 4.68 Å². The molecule has 0 fully saturated rings. The van der Waals surface area contributed by atoms with Gasteiger partial charge in [0.25, 0.3) is 0 Å². The molecule has 0 saturated heterocycles. The maximum absolute atomic E-state index is 4.62. The maximum atomic E-state index is 4.62. The number of hydrogen-bond donors (Lipinski definition) is 1. The first-order valence-corrected chi connectivity index (χ1v) is 7.00. The van der Waals surface area contributed by atoms with Crippen LogP contribution in [0.2, 0.25) is 0 Å². The van der Waals surface area contributed by atoms with E-state index in [1.807, 2.05) is 18.8 Å². The molecule has 0 spiro atoms. The van der Waals surface area contributed by atoms with Gasteiger partial charge in [-0.25, -0.2) is 0 Å². The highest BCUT2D eigenvalue weighted by molar-refractivity contribution is 5.70. The molecule has 1 N–H and O–H groups in total. The lowest BCUT2D eigenvalue weighted by Gasteiger charge is -2.07. The molecule has 0 atom stereocenters. The smallest absolute Gasteiger partial charge is 0.0843 e. The largest absolute Gasteiger partial charge is 0.314 e. The van der Waals surface area contributed by atoms with Crippen molar-refractivity contribution in [1.82, 2.24) is 15.1 Å². The van der Waals surface area contributed by atoms with Crippen LogP contribution in [-0.4, -0.2) is 16.8 Å². The summed E-state index contributed by atoms with van der Waals surface area (Å²) in [7, 11) is 3.99. The van der Waals surface area contributed by atoms with Gasteiger partial charge >= 0.3 is 0 Å². The van der Waals surface area contributed by atoms with E-state index in [1.165, 1.54) is 47.2 Å². The second-order valence-corrected chi connectivity index (χ2v) is 5.40. The van der Waals surface area contributed by atoms with Crippen molar-refractivity contribution in [2.75, 3.05) is 7.05 Å². The minimum absolute atomic E-state index is 0.814. The molecule has 1 aromatic carbocycles. The van der Waals surface area contributed by atoms with Crippen molar-refractivity contribution < 1.29 is 0 Å². The number of benzene rings is 1. The zero-order valence-corrected chi connectivity index (χ0v) is 12.0. The summed E-state index contributed by atoms with van der Waals surface area (Å²) in [5, 5.41) is 7.84. The zero-order chi connectivity index (χ0) is 13.4. The van der Waals surface area contributed by atoms with E-state index in [0.29, 0.717) is 0 Å². The van der Waals surface area contributed by atoms with Crippen molar-refractivity contribution in [3.05, 3.63) is 40.7 Å². The van der Waals surface area contributed by atoms with Gasteiger partial charge in [-0.1, -0.05) is 18.2 Å². The van der Waals surface area contributed by atoms with Gasteiger partial charge in [0.05, 0.1) is 5.69 Å². The summed E-state index contributed by atoms with van der Waals surface area (Å²) >= 11 is 0. The number of aryl methyl sites for hydroxylation is 3. The Morgan fingerprint density at radius 1 is 1.26 bits per heavy atom. The first kappa shape index (κ1) is 12.4. The third kappa shape index (κ3) is 2.08. The van der Waals surface area contributed by atoms with E-state index in [2.05, 4.69) is 35.5 Å². The number of hydrogen-bond acceptors (Lipinski definition) is 2. The highest BCUT2D eigenvalue weighted by atomic mass is 15.3. The molecule has 19 heavy (non-hydrogen) atoms. The summed E-state index contributed by atoms with van der Waals surface area (Å²) in [6.45, 7) is 2.96. The molecule has 100 valence electrons. The Hall–Kier alpha value is -1.61. The van der Waals surface area contributed by atoms with Gasteiger partial charge in [-0.15, -0.1) is 0 Å². The minimum Gasteiger partial charge on any atom is -0.314 e. The molecule has 0 saturated carbocycles.